The average molecular weight is 396 g/mol. The molecule has 156 valence electrons. The zero-order chi connectivity index (χ0) is 20.5. The SMILES string of the molecule is CN=C(NCCC(C)N(C)Cc1ccccc1)N1CCN(c2ncccn2)CC1. The molecule has 0 saturated carbocycles. The van der Waals surface area contributed by atoms with Crippen molar-refractivity contribution in [3.63, 3.8) is 0 Å². The van der Waals surface area contributed by atoms with Crippen LogP contribution in [0.25, 0.3) is 0 Å². The molecule has 7 nitrogen and oxygen atoms in total. The number of aliphatic imine (C=N–C) groups is 1. The van der Waals surface area contributed by atoms with Crippen LogP contribution in [-0.2, 0) is 6.54 Å². The summed E-state index contributed by atoms with van der Waals surface area (Å²) in [6, 6.07) is 13.0. The molecule has 2 heterocycles. The van der Waals surface area contributed by atoms with Crippen LogP contribution >= 0.6 is 0 Å². The van der Waals surface area contributed by atoms with Gasteiger partial charge in [-0.1, -0.05) is 30.3 Å². The molecule has 1 fully saturated rings. The van der Waals surface area contributed by atoms with Crippen molar-refractivity contribution in [3.8, 4) is 0 Å². The molecular formula is C22H33N7. The molecule has 3 rings (SSSR count). The number of benzene rings is 1. The smallest absolute Gasteiger partial charge is 0.225 e. The fourth-order valence-electron chi connectivity index (χ4n) is 3.55. The summed E-state index contributed by atoms with van der Waals surface area (Å²) in [5, 5.41) is 3.54. The normalized spacial score (nSPS) is 16.2. The summed E-state index contributed by atoms with van der Waals surface area (Å²) in [7, 11) is 4.05. The third kappa shape index (κ3) is 6.15. The Labute approximate surface area is 174 Å². The molecule has 7 heteroatoms. The number of anilines is 1. The van der Waals surface area contributed by atoms with Gasteiger partial charge in [0.15, 0.2) is 5.96 Å². The lowest BCUT2D eigenvalue weighted by molar-refractivity contribution is 0.238. The van der Waals surface area contributed by atoms with Crippen molar-refractivity contribution in [1.29, 1.82) is 0 Å². The molecule has 0 aliphatic carbocycles. The molecular weight excluding hydrogens is 362 g/mol. The molecule has 1 aliphatic heterocycles. The number of nitrogens with one attached hydrogen (secondary N) is 1. The highest BCUT2D eigenvalue weighted by molar-refractivity contribution is 5.80. The van der Waals surface area contributed by atoms with E-state index in [9.17, 15) is 0 Å². The molecule has 0 amide bonds. The number of hydrogen-bond acceptors (Lipinski definition) is 5. The highest BCUT2D eigenvalue weighted by atomic mass is 15.4. The van der Waals surface area contributed by atoms with E-state index in [-0.39, 0.29) is 0 Å². The lowest BCUT2D eigenvalue weighted by Gasteiger charge is -2.36. The molecule has 1 unspecified atom stereocenters. The molecule has 2 aromatic rings. The summed E-state index contributed by atoms with van der Waals surface area (Å²) in [5.41, 5.74) is 1.35. The first kappa shape index (κ1) is 21.0. The third-order valence-electron chi connectivity index (χ3n) is 5.50. The maximum absolute atomic E-state index is 4.49. The molecule has 1 saturated heterocycles. The Bertz CT molecular complexity index is 742. The zero-order valence-electron chi connectivity index (χ0n) is 17.8. The first-order chi connectivity index (χ1) is 14.2. The molecule has 1 aromatic heterocycles. The van der Waals surface area contributed by atoms with Gasteiger partial charge in [0, 0.05) is 64.8 Å². The van der Waals surface area contributed by atoms with E-state index in [2.05, 4.69) is 79.3 Å². The van der Waals surface area contributed by atoms with Crippen molar-refractivity contribution in [2.75, 3.05) is 51.7 Å². The Balaban J connectivity index is 1.40. The van der Waals surface area contributed by atoms with Gasteiger partial charge in [0.2, 0.25) is 5.95 Å². The highest BCUT2D eigenvalue weighted by Gasteiger charge is 2.21. The first-order valence-corrected chi connectivity index (χ1v) is 10.4. The van der Waals surface area contributed by atoms with Gasteiger partial charge < -0.3 is 15.1 Å². The maximum atomic E-state index is 4.49. The van der Waals surface area contributed by atoms with Gasteiger partial charge >= 0.3 is 0 Å². The second kappa shape index (κ2) is 10.8. The Kier molecular flexibility index (Phi) is 7.81. The summed E-state index contributed by atoms with van der Waals surface area (Å²) < 4.78 is 0. The minimum atomic E-state index is 0.493. The van der Waals surface area contributed by atoms with Crippen molar-refractivity contribution < 1.29 is 0 Å². The van der Waals surface area contributed by atoms with Crippen LogP contribution in [0, 0.1) is 0 Å². The van der Waals surface area contributed by atoms with Crippen molar-refractivity contribution >= 4 is 11.9 Å². The van der Waals surface area contributed by atoms with Crippen LogP contribution in [0.15, 0.2) is 53.8 Å². The van der Waals surface area contributed by atoms with Crippen molar-refractivity contribution in [2.24, 2.45) is 4.99 Å². The molecule has 0 bridgehead atoms. The summed E-state index contributed by atoms with van der Waals surface area (Å²) in [5.74, 6) is 1.79. The average Bonchev–Trinajstić information content (AvgIpc) is 2.78. The lowest BCUT2D eigenvalue weighted by atomic mass is 10.1. The minimum Gasteiger partial charge on any atom is -0.356 e. The van der Waals surface area contributed by atoms with E-state index >= 15 is 0 Å². The van der Waals surface area contributed by atoms with E-state index in [1.165, 1.54) is 5.56 Å². The molecule has 0 spiro atoms. The topological polar surface area (TPSA) is 59.9 Å². The van der Waals surface area contributed by atoms with Gasteiger partial charge in [0.25, 0.3) is 0 Å². The lowest BCUT2D eigenvalue weighted by Crippen LogP contribution is -2.53. The Morgan fingerprint density at radius 2 is 1.79 bits per heavy atom. The monoisotopic (exact) mass is 395 g/mol. The van der Waals surface area contributed by atoms with E-state index in [0.717, 1.165) is 57.6 Å². The molecule has 1 atom stereocenters. The number of guanidine groups is 1. The number of hydrogen-bond donors (Lipinski definition) is 1. The van der Waals surface area contributed by atoms with E-state index in [0.29, 0.717) is 6.04 Å². The van der Waals surface area contributed by atoms with Crippen molar-refractivity contribution in [3.05, 3.63) is 54.4 Å². The molecule has 1 aliphatic rings. The van der Waals surface area contributed by atoms with Crippen LogP contribution in [-0.4, -0.2) is 78.6 Å². The van der Waals surface area contributed by atoms with Crippen molar-refractivity contribution in [2.45, 2.75) is 25.9 Å². The van der Waals surface area contributed by atoms with Gasteiger partial charge in [-0.25, -0.2) is 9.97 Å². The van der Waals surface area contributed by atoms with Crippen LogP contribution in [0.5, 0.6) is 0 Å². The quantitative estimate of drug-likeness (QED) is 0.572. The fraction of sp³-hybridized carbons (Fsp3) is 0.500. The Hall–Kier alpha value is -2.67. The highest BCUT2D eigenvalue weighted by Crippen LogP contribution is 2.10. The predicted octanol–water partition coefficient (Wildman–Crippen LogP) is 2.08. The number of rotatable bonds is 7. The summed E-state index contributed by atoms with van der Waals surface area (Å²) in [6.07, 6.45) is 4.66. The second-order valence-corrected chi connectivity index (χ2v) is 7.54. The van der Waals surface area contributed by atoms with E-state index in [1.54, 1.807) is 12.4 Å². The summed E-state index contributed by atoms with van der Waals surface area (Å²) in [4.78, 5) is 20.1. The molecule has 0 radical (unpaired) electrons. The number of nitrogens with zero attached hydrogens (tertiary/aromatic N) is 6. The first-order valence-electron chi connectivity index (χ1n) is 10.4. The van der Waals surface area contributed by atoms with E-state index < -0.39 is 0 Å². The van der Waals surface area contributed by atoms with Gasteiger partial charge in [0.1, 0.15) is 0 Å². The fourth-order valence-corrected chi connectivity index (χ4v) is 3.55. The number of piperazine rings is 1. The third-order valence-corrected chi connectivity index (χ3v) is 5.50. The van der Waals surface area contributed by atoms with Gasteiger partial charge in [-0.3, -0.25) is 9.89 Å². The summed E-state index contributed by atoms with van der Waals surface area (Å²) in [6.45, 7) is 7.81. The van der Waals surface area contributed by atoms with Crippen LogP contribution < -0.4 is 10.2 Å². The van der Waals surface area contributed by atoms with Gasteiger partial charge in [-0.15, -0.1) is 0 Å². The van der Waals surface area contributed by atoms with Crippen LogP contribution in [0.4, 0.5) is 5.95 Å². The van der Waals surface area contributed by atoms with Crippen LogP contribution in [0.2, 0.25) is 0 Å². The van der Waals surface area contributed by atoms with Gasteiger partial charge in [0.05, 0.1) is 0 Å². The maximum Gasteiger partial charge on any atom is 0.225 e. The molecule has 1 N–H and O–H groups in total. The van der Waals surface area contributed by atoms with Crippen LogP contribution in [0.3, 0.4) is 0 Å². The minimum absolute atomic E-state index is 0.493. The molecule has 29 heavy (non-hydrogen) atoms. The van der Waals surface area contributed by atoms with Gasteiger partial charge in [-0.2, -0.15) is 0 Å². The predicted molar refractivity (Wildman–Crippen MR) is 119 cm³/mol. The largest absolute Gasteiger partial charge is 0.356 e. The van der Waals surface area contributed by atoms with Gasteiger partial charge in [-0.05, 0) is 32.0 Å². The summed E-state index contributed by atoms with van der Waals surface area (Å²) >= 11 is 0. The standard InChI is InChI=1S/C22H33N7/c1-19(27(3)18-20-8-5-4-6-9-20)10-13-26-21(23-2)28-14-16-29(17-15-28)22-24-11-7-12-25-22/h4-9,11-12,19H,10,13-18H2,1-3H3,(H,23,26). The Morgan fingerprint density at radius 3 is 2.45 bits per heavy atom. The second-order valence-electron chi connectivity index (χ2n) is 7.54. The van der Waals surface area contributed by atoms with E-state index in [4.69, 9.17) is 0 Å². The van der Waals surface area contributed by atoms with Crippen molar-refractivity contribution in [1.82, 2.24) is 25.1 Å². The zero-order valence-corrected chi connectivity index (χ0v) is 17.8. The number of aromatic nitrogens is 2. The van der Waals surface area contributed by atoms with Crippen LogP contribution in [0.1, 0.15) is 18.9 Å². The Morgan fingerprint density at radius 1 is 1.10 bits per heavy atom. The van der Waals surface area contributed by atoms with E-state index in [1.807, 2.05) is 13.1 Å². The molecule has 1 aromatic carbocycles.